The number of carbonyl (C=O) groups excluding carboxylic acids is 2. The Morgan fingerprint density at radius 2 is 1.81 bits per heavy atom. The summed E-state index contributed by atoms with van der Waals surface area (Å²) < 4.78 is 15.6. The van der Waals surface area contributed by atoms with Crippen molar-refractivity contribution in [3.63, 3.8) is 0 Å². The molecule has 0 unspecified atom stereocenters. The van der Waals surface area contributed by atoms with Crippen LogP contribution in [0.4, 0.5) is 0 Å². The van der Waals surface area contributed by atoms with Crippen LogP contribution in [0, 0.1) is 0 Å². The SMILES string of the molecule is COc1cccc(C(=O)OCC(=O)N(C)CCOc2ccc(Cl)cc2)c1. The molecular formula is C19H20ClNO5. The molecule has 0 atom stereocenters. The van der Waals surface area contributed by atoms with Crippen LogP contribution in [0.25, 0.3) is 0 Å². The van der Waals surface area contributed by atoms with E-state index >= 15 is 0 Å². The van der Waals surface area contributed by atoms with Gasteiger partial charge < -0.3 is 19.1 Å². The summed E-state index contributed by atoms with van der Waals surface area (Å²) in [5.41, 5.74) is 0.325. The van der Waals surface area contributed by atoms with Gasteiger partial charge in [-0.25, -0.2) is 4.79 Å². The van der Waals surface area contributed by atoms with Crippen LogP contribution in [0.1, 0.15) is 10.4 Å². The first-order valence-corrected chi connectivity index (χ1v) is 8.31. The maximum absolute atomic E-state index is 12.0. The average molecular weight is 378 g/mol. The summed E-state index contributed by atoms with van der Waals surface area (Å²) in [6.45, 7) is 0.333. The topological polar surface area (TPSA) is 65.1 Å². The standard InChI is InChI=1S/C19H20ClNO5/c1-21(10-11-25-16-8-6-15(20)7-9-16)18(22)13-26-19(23)14-4-3-5-17(12-14)24-2/h3-9,12H,10-11,13H2,1-2H3. The molecule has 0 heterocycles. The number of hydrogen-bond donors (Lipinski definition) is 0. The lowest BCUT2D eigenvalue weighted by Gasteiger charge is -2.17. The first-order chi connectivity index (χ1) is 12.5. The highest BCUT2D eigenvalue weighted by Crippen LogP contribution is 2.15. The number of methoxy groups -OCH3 is 1. The minimum absolute atomic E-state index is 0.313. The molecule has 0 aromatic heterocycles. The maximum Gasteiger partial charge on any atom is 0.338 e. The lowest BCUT2D eigenvalue weighted by molar-refractivity contribution is -0.133. The fourth-order valence-corrected chi connectivity index (χ4v) is 2.15. The fourth-order valence-electron chi connectivity index (χ4n) is 2.03. The summed E-state index contributed by atoms with van der Waals surface area (Å²) >= 11 is 5.80. The highest BCUT2D eigenvalue weighted by molar-refractivity contribution is 6.30. The molecule has 0 radical (unpaired) electrons. The monoisotopic (exact) mass is 377 g/mol. The quantitative estimate of drug-likeness (QED) is 0.661. The second kappa shape index (κ2) is 9.68. The number of rotatable bonds is 8. The van der Waals surface area contributed by atoms with Crippen molar-refractivity contribution in [2.45, 2.75) is 0 Å². The molecule has 7 heteroatoms. The predicted octanol–water partition coefficient (Wildman–Crippen LogP) is 3.04. The van der Waals surface area contributed by atoms with Crippen LogP contribution in [0.15, 0.2) is 48.5 Å². The van der Waals surface area contributed by atoms with Gasteiger partial charge in [-0.2, -0.15) is 0 Å². The van der Waals surface area contributed by atoms with E-state index in [9.17, 15) is 9.59 Å². The van der Waals surface area contributed by atoms with E-state index in [-0.39, 0.29) is 12.5 Å². The first-order valence-electron chi connectivity index (χ1n) is 7.93. The minimum Gasteiger partial charge on any atom is -0.497 e. The Labute approximate surface area is 157 Å². The first kappa shape index (κ1) is 19.6. The zero-order chi connectivity index (χ0) is 18.9. The third-order valence-electron chi connectivity index (χ3n) is 3.57. The van der Waals surface area contributed by atoms with E-state index < -0.39 is 5.97 Å². The van der Waals surface area contributed by atoms with Gasteiger partial charge >= 0.3 is 5.97 Å². The number of carbonyl (C=O) groups is 2. The summed E-state index contributed by atoms with van der Waals surface area (Å²) in [5.74, 6) is 0.311. The van der Waals surface area contributed by atoms with E-state index in [0.29, 0.717) is 35.2 Å². The summed E-state index contributed by atoms with van der Waals surface area (Å²) in [7, 11) is 3.13. The van der Waals surface area contributed by atoms with Gasteiger partial charge in [0, 0.05) is 12.1 Å². The molecule has 0 aliphatic carbocycles. The number of nitrogens with zero attached hydrogens (tertiary/aromatic N) is 1. The van der Waals surface area contributed by atoms with Gasteiger partial charge in [-0.3, -0.25) is 4.79 Å². The van der Waals surface area contributed by atoms with E-state index in [1.165, 1.54) is 12.0 Å². The fraction of sp³-hybridized carbons (Fsp3) is 0.263. The van der Waals surface area contributed by atoms with Crippen molar-refractivity contribution in [2.75, 3.05) is 33.9 Å². The van der Waals surface area contributed by atoms with Gasteiger partial charge in [0.05, 0.1) is 19.2 Å². The van der Waals surface area contributed by atoms with Gasteiger partial charge in [-0.05, 0) is 42.5 Å². The molecule has 0 fully saturated rings. The maximum atomic E-state index is 12.0. The largest absolute Gasteiger partial charge is 0.497 e. The Balaban J connectivity index is 1.74. The van der Waals surface area contributed by atoms with Crippen molar-refractivity contribution in [2.24, 2.45) is 0 Å². The van der Waals surface area contributed by atoms with Crippen molar-refractivity contribution in [3.05, 3.63) is 59.1 Å². The highest BCUT2D eigenvalue weighted by Gasteiger charge is 2.14. The summed E-state index contributed by atoms with van der Waals surface area (Å²) in [6.07, 6.45) is 0. The summed E-state index contributed by atoms with van der Waals surface area (Å²) in [5, 5.41) is 0.627. The third kappa shape index (κ3) is 5.97. The zero-order valence-electron chi connectivity index (χ0n) is 14.6. The van der Waals surface area contributed by atoms with Gasteiger partial charge in [-0.1, -0.05) is 17.7 Å². The molecular weight excluding hydrogens is 358 g/mol. The van der Waals surface area contributed by atoms with E-state index in [1.807, 2.05) is 0 Å². The molecule has 2 aromatic rings. The van der Waals surface area contributed by atoms with Gasteiger partial charge in [0.25, 0.3) is 5.91 Å². The second-order valence-electron chi connectivity index (χ2n) is 5.43. The molecule has 0 bridgehead atoms. The van der Waals surface area contributed by atoms with Gasteiger partial charge in [0.2, 0.25) is 0 Å². The smallest absolute Gasteiger partial charge is 0.338 e. The molecule has 6 nitrogen and oxygen atoms in total. The molecule has 2 rings (SSSR count). The molecule has 0 saturated carbocycles. The predicted molar refractivity (Wildman–Crippen MR) is 97.9 cm³/mol. The van der Waals surface area contributed by atoms with Crippen molar-refractivity contribution in [1.29, 1.82) is 0 Å². The lowest BCUT2D eigenvalue weighted by Crippen LogP contribution is -2.34. The summed E-state index contributed by atoms with van der Waals surface area (Å²) in [4.78, 5) is 25.5. The minimum atomic E-state index is -0.580. The van der Waals surface area contributed by atoms with Crippen molar-refractivity contribution >= 4 is 23.5 Å². The number of likely N-dealkylation sites (N-methyl/N-ethyl adjacent to an activating group) is 1. The van der Waals surface area contributed by atoms with Crippen LogP contribution < -0.4 is 9.47 Å². The molecule has 2 aromatic carbocycles. The molecule has 0 saturated heterocycles. The number of hydrogen-bond acceptors (Lipinski definition) is 5. The van der Waals surface area contributed by atoms with Crippen LogP contribution in [0.5, 0.6) is 11.5 Å². The van der Waals surface area contributed by atoms with Crippen LogP contribution in [-0.4, -0.2) is 50.7 Å². The van der Waals surface area contributed by atoms with Gasteiger partial charge in [-0.15, -0.1) is 0 Å². The molecule has 0 aliphatic rings. The highest BCUT2D eigenvalue weighted by atomic mass is 35.5. The Morgan fingerprint density at radius 1 is 1.08 bits per heavy atom. The number of halogens is 1. The van der Waals surface area contributed by atoms with Crippen molar-refractivity contribution < 1.29 is 23.8 Å². The molecule has 0 aliphatic heterocycles. The number of ether oxygens (including phenoxy) is 3. The normalized spacial score (nSPS) is 10.1. The number of amides is 1. The van der Waals surface area contributed by atoms with Crippen LogP contribution in [-0.2, 0) is 9.53 Å². The Hall–Kier alpha value is -2.73. The molecule has 0 N–H and O–H groups in total. The Bertz CT molecular complexity index is 748. The van der Waals surface area contributed by atoms with E-state index in [1.54, 1.807) is 55.6 Å². The number of benzene rings is 2. The lowest BCUT2D eigenvalue weighted by atomic mass is 10.2. The average Bonchev–Trinajstić information content (AvgIpc) is 2.67. The van der Waals surface area contributed by atoms with E-state index in [4.69, 9.17) is 25.8 Å². The Kier molecular flexibility index (Phi) is 7.29. The molecule has 1 amide bonds. The molecule has 138 valence electrons. The van der Waals surface area contributed by atoms with Gasteiger partial charge in [0.1, 0.15) is 18.1 Å². The van der Waals surface area contributed by atoms with Crippen LogP contribution in [0.3, 0.4) is 0 Å². The van der Waals surface area contributed by atoms with Gasteiger partial charge in [0.15, 0.2) is 6.61 Å². The Morgan fingerprint density at radius 3 is 2.50 bits per heavy atom. The number of esters is 1. The van der Waals surface area contributed by atoms with E-state index in [2.05, 4.69) is 0 Å². The van der Waals surface area contributed by atoms with Crippen LogP contribution >= 0.6 is 11.6 Å². The third-order valence-corrected chi connectivity index (χ3v) is 3.82. The van der Waals surface area contributed by atoms with E-state index in [0.717, 1.165) is 0 Å². The molecule has 0 spiro atoms. The van der Waals surface area contributed by atoms with Crippen molar-refractivity contribution in [3.8, 4) is 11.5 Å². The molecule has 26 heavy (non-hydrogen) atoms. The summed E-state index contributed by atoms with van der Waals surface area (Å²) in [6, 6.07) is 13.5. The zero-order valence-corrected chi connectivity index (χ0v) is 15.4. The van der Waals surface area contributed by atoms with Crippen LogP contribution in [0.2, 0.25) is 5.02 Å². The van der Waals surface area contributed by atoms with Crippen molar-refractivity contribution in [1.82, 2.24) is 4.90 Å². The second-order valence-corrected chi connectivity index (χ2v) is 5.86.